The lowest BCUT2D eigenvalue weighted by Crippen LogP contribution is -2.56. The molecule has 226 valence electrons. The Morgan fingerprint density at radius 3 is 2.33 bits per heavy atom. The van der Waals surface area contributed by atoms with Crippen LogP contribution in [0.2, 0.25) is 0 Å². The number of benzene rings is 5. The Balaban J connectivity index is 1.29. The molecule has 46 heavy (non-hydrogen) atoms. The van der Waals surface area contributed by atoms with Crippen LogP contribution in [0.15, 0.2) is 115 Å². The van der Waals surface area contributed by atoms with Crippen molar-refractivity contribution >= 4 is 27.8 Å². The minimum atomic E-state index is -0.199. The van der Waals surface area contributed by atoms with Gasteiger partial charge in [0.25, 0.3) is 0 Å². The second-order valence-corrected chi connectivity index (χ2v) is 13.8. The van der Waals surface area contributed by atoms with E-state index in [0.29, 0.717) is 0 Å². The van der Waals surface area contributed by atoms with Gasteiger partial charge in [-0.1, -0.05) is 88.4 Å². The summed E-state index contributed by atoms with van der Waals surface area (Å²) in [7, 11) is 0. The third-order valence-electron chi connectivity index (χ3n) is 11.4. The summed E-state index contributed by atoms with van der Waals surface area (Å²) in [4.78, 5) is 2.42. The van der Waals surface area contributed by atoms with Crippen LogP contribution in [-0.4, -0.2) is 0 Å². The number of aryl methyl sites for hydroxylation is 1. The van der Waals surface area contributed by atoms with Gasteiger partial charge in [-0.15, -0.1) is 0 Å². The number of fused-ring (bicyclic) bond motifs is 9. The van der Waals surface area contributed by atoms with Gasteiger partial charge in [-0.25, -0.2) is 0 Å². The van der Waals surface area contributed by atoms with E-state index in [9.17, 15) is 0 Å². The molecule has 0 radical (unpaired) electrons. The first-order valence-corrected chi connectivity index (χ1v) is 16.9. The number of anilines is 3. The maximum Gasteiger partial charge on any atom is 0.221 e. The van der Waals surface area contributed by atoms with Crippen LogP contribution in [0, 0.1) is 0 Å². The van der Waals surface area contributed by atoms with Gasteiger partial charge < -0.3 is 9.64 Å². The van der Waals surface area contributed by atoms with Gasteiger partial charge in [0, 0.05) is 30.7 Å². The van der Waals surface area contributed by atoms with E-state index < -0.39 is 0 Å². The lowest BCUT2D eigenvalue weighted by atomic mass is 9.72. The normalized spacial score (nSPS) is 16.3. The van der Waals surface area contributed by atoms with Crippen molar-refractivity contribution in [3.63, 3.8) is 0 Å². The van der Waals surface area contributed by atoms with E-state index in [1.807, 2.05) is 0 Å². The number of para-hydroxylation sites is 3. The van der Waals surface area contributed by atoms with Crippen molar-refractivity contribution in [2.45, 2.75) is 64.3 Å². The Morgan fingerprint density at radius 2 is 1.48 bits per heavy atom. The van der Waals surface area contributed by atoms with Crippen molar-refractivity contribution in [3.8, 4) is 33.9 Å². The zero-order chi connectivity index (χ0) is 31.2. The molecule has 0 spiro atoms. The third-order valence-corrected chi connectivity index (χ3v) is 11.4. The molecule has 3 aliphatic rings. The summed E-state index contributed by atoms with van der Waals surface area (Å²) < 4.78 is 9.38. The third kappa shape index (κ3) is 3.69. The van der Waals surface area contributed by atoms with Gasteiger partial charge in [-0.05, 0) is 82.1 Å². The topological polar surface area (TPSA) is 16.4 Å². The van der Waals surface area contributed by atoms with Crippen LogP contribution in [0.4, 0.5) is 17.1 Å². The second-order valence-electron chi connectivity index (χ2n) is 13.8. The zero-order valence-corrected chi connectivity index (χ0v) is 27.1. The van der Waals surface area contributed by atoms with Crippen molar-refractivity contribution in [3.05, 3.63) is 132 Å². The van der Waals surface area contributed by atoms with Gasteiger partial charge in [0.1, 0.15) is 0 Å². The highest BCUT2D eigenvalue weighted by molar-refractivity contribution is 5.96. The molecule has 0 atom stereocenters. The Bertz CT molecular complexity index is 2210. The predicted octanol–water partition coefficient (Wildman–Crippen LogP) is 11.1. The molecule has 4 heterocycles. The van der Waals surface area contributed by atoms with E-state index in [0.717, 1.165) is 48.6 Å². The van der Waals surface area contributed by atoms with Gasteiger partial charge in [-0.3, -0.25) is 0 Å². The zero-order valence-electron chi connectivity index (χ0n) is 27.1. The van der Waals surface area contributed by atoms with E-state index >= 15 is 0 Å². The highest BCUT2D eigenvalue weighted by Crippen LogP contribution is 2.60. The molecule has 0 bridgehead atoms. The number of rotatable bonds is 3. The lowest BCUT2D eigenvalue weighted by Gasteiger charge is -2.45. The number of aromatic nitrogens is 1. The maximum atomic E-state index is 6.75. The molecule has 3 heteroatoms. The van der Waals surface area contributed by atoms with Gasteiger partial charge >= 0.3 is 0 Å². The van der Waals surface area contributed by atoms with Crippen LogP contribution in [0.1, 0.15) is 63.6 Å². The Labute approximate surface area is 271 Å². The van der Waals surface area contributed by atoms with Crippen molar-refractivity contribution in [1.82, 2.24) is 0 Å². The predicted molar refractivity (Wildman–Crippen MR) is 189 cm³/mol. The Kier molecular flexibility index (Phi) is 5.84. The number of ether oxygens (including phenoxy) is 1. The summed E-state index contributed by atoms with van der Waals surface area (Å²) in [5.41, 5.74) is 12.5. The summed E-state index contributed by atoms with van der Waals surface area (Å²) in [6, 6.07) is 40.4. The Morgan fingerprint density at radius 1 is 0.717 bits per heavy atom. The minimum absolute atomic E-state index is 0.0939. The van der Waals surface area contributed by atoms with Gasteiger partial charge in [-0.2, -0.15) is 4.57 Å². The molecule has 0 unspecified atom stereocenters. The summed E-state index contributed by atoms with van der Waals surface area (Å²) in [5.74, 6) is 1.81. The van der Waals surface area contributed by atoms with Crippen LogP contribution < -0.4 is 14.2 Å². The summed E-state index contributed by atoms with van der Waals surface area (Å²) in [5, 5.41) is 2.62. The number of pyridine rings is 1. The van der Waals surface area contributed by atoms with Crippen LogP contribution >= 0.6 is 0 Å². The lowest BCUT2D eigenvalue weighted by molar-refractivity contribution is -0.756. The highest BCUT2D eigenvalue weighted by atomic mass is 16.5. The fourth-order valence-electron chi connectivity index (χ4n) is 8.63. The number of nitrogens with zero attached hydrogens (tertiary/aromatic N) is 2. The first kappa shape index (κ1) is 27.4. The van der Waals surface area contributed by atoms with Crippen LogP contribution in [0.3, 0.4) is 0 Å². The summed E-state index contributed by atoms with van der Waals surface area (Å²) in [6.45, 7) is 9.43. The molecule has 0 aliphatic carbocycles. The van der Waals surface area contributed by atoms with Gasteiger partial charge in [0.15, 0.2) is 23.2 Å². The summed E-state index contributed by atoms with van der Waals surface area (Å²) >= 11 is 0. The molecule has 1 aromatic heterocycles. The first-order valence-electron chi connectivity index (χ1n) is 16.9. The van der Waals surface area contributed by atoms with E-state index in [1.165, 1.54) is 55.5 Å². The number of hydrogen-bond acceptors (Lipinski definition) is 2. The SMILES string of the molecule is CCC1(CC)CCc2ccc(-c3cc4c5c(c3)C(C)(C)c3ccccc3N5c3ccccc3O4)cc2-c2c3ccccc3cc[n+]21. The molecule has 6 aromatic rings. The smallest absolute Gasteiger partial charge is 0.221 e. The van der Waals surface area contributed by atoms with Crippen molar-refractivity contribution in [2.75, 3.05) is 4.90 Å². The second kappa shape index (κ2) is 9.80. The average Bonchev–Trinajstić information content (AvgIpc) is 3.24. The Hall–Kier alpha value is -4.89. The molecule has 0 N–H and O–H groups in total. The number of hydrogen-bond donors (Lipinski definition) is 0. The van der Waals surface area contributed by atoms with E-state index in [2.05, 4.69) is 153 Å². The fraction of sp³-hybridized carbons (Fsp3) is 0.233. The molecule has 0 amide bonds. The van der Waals surface area contributed by atoms with Crippen molar-refractivity contribution in [2.24, 2.45) is 0 Å². The van der Waals surface area contributed by atoms with Gasteiger partial charge in [0.2, 0.25) is 5.69 Å². The molecule has 3 nitrogen and oxygen atoms in total. The average molecular weight is 600 g/mol. The van der Waals surface area contributed by atoms with E-state index in [4.69, 9.17) is 4.74 Å². The molecular formula is C43H39N2O+. The van der Waals surface area contributed by atoms with Gasteiger partial charge in [0.05, 0.1) is 28.0 Å². The monoisotopic (exact) mass is 599 g/mol. The fourth-order valence-corrected chi connectivity index (χ4v) is 8.63. The quantitative estimate of drug-likeness (QED) is 0.188. The van der Waals surface area contributed by atoms with E-state index in [-0.39, 0.29) is 11.0 Å². The maximum absolute atomic E-state index is 6.75. The standard InChI is InChI=1S/C43H39N2O/c1-5-43(6-2)23-21-29-19-20-30(25-33(29)40-32-14-8-7-13-28(32)22-24-44(40)43)31-26-35-41-39(27-31)46-38-18-12-11-17-37(38)45(41)36-16-10-9-15-34(36)42(35,3)4/h7-20,22,24-27H,5-6,21,23H2,1-4H3/q+1. The molecule has 9 rings (SSSR count). The molecular weight excluding hydrogens is 560 g/mol. The molecule has 0 fully saturated rings. The molecule has 5 aromatic carbocycles. The largest absolute Gasteiger partial charge is 0.453 e. The van der Waals surface area contributed by atoms with Crippen LogP contribution in [-0.2, 0) is 17.4 Å². The van der Waals surface area contributed by atoms with Crippen molar-refractivity contribution < 1.29 is 9.30 Å². The van der Waals surface area contributed by atoms with E-state index in [1.54, 1.807) is 0 Å². The molecule has 0 saturated carbocycles. The first-order chi connectivity index (χ1) is 22.4. The van der Waals surface area contributed by atoms with Crippen LogP contribution in [0.5, 0.6) is 11.5 Å². The van der Waals surface area contributed by atoms with Crippen molar-refractivity contribution in [1.29, 1.82) is 0 Å². The molecule has 0 saturated heterocycles. The summed E-state index contributed by atoms with van der Waals surface area (Å²) in [6.07, 6.45) is 6.79. The molecule has 3 aliphatic heterocycles. The highest BCUT2D eigenvalue weighted by Gasteiger charge is 2.43. The van der Waals surface area contributed by atoms with Crippen LogP contribution in [0.25, 0.3) is 33.2 Å². The minimum Gasteiger partial charge on any atom is -0.453 e.